The quantitative estimate of drug-likeness (QED) is 0.755. The maximum Gasteiger partial charge on any atom is 0.250 e. The molecule has 0 spiro atoms. The van der Waals surface area contributed by atoms with Crippen LogP contribution in [0.3, 0.4) is 0 Å². The molecule has 0 radical (unpaired) electrons. The van der Waals surface area contributed by atoms with Gasteiger partial charge in [0.25, 0.3) is 0 Å². The van der Waals surface area contributed by atoms with Crippen molar-refractivity contribution in [3.8, 4) is 11.1 Å². The third-order valence-corrected chi connectivity index (χ3v) is 3.74. The minimum absolute atomic E-state index is 0.133. The van der Waals surface area contributed by atoms with Crippen LogP contribution in [0.1, 0.15) is 5.56 Å². The Balaban J connectivity index is 2.67. The fraction of sp³-hybridized carbons (Fsp3) is 0.118. The predicted octanol–water partition coefficient (Wildman–Crippen LogP) is 4.57. The normalized spacial score (nSPS) is 10.2. The molecule has 0 aliphatic rings. The molecule has 0 fully saturated rings. The molecule has 0 bridgehead atoms. The number of hydrogen-bond acceptors (Lipinski definition) is 1. The molecule has 0 aromatic heterocycles. The van der Waals surface area contributed by atoms with Gasteiger partial charge < -0.3 is 4.90 Å². The highest BCUT2D eigenvalue weighted by Crippen LogP contribution is 2.37. The summed E-state index contributed by atoms with van der Waals surface area (Å²) in [7, 11) is 1.76. The Morgan fingerprint density at radius 2 is 1.90 bits per heavy atom. The second-order valence-corrected chi connectivity index (χ2v) is 5.46. The van der Waals surface area contributed by atoms with Gasteiger partial charge >= 0.3 is 0 Å². The Hall–Kier alpha value is -1.87. The summed E-state index contributed by atoms with van der Waals surface area (Å²) in [6, 6.07) is 14.1. The van der Waals surface area contributed by atoms with Gasteiger partial charge in [0, 0.05) is 17.1 Å². The molecule has 0 N–H and O–H groups in total. The summed E-state index contributed by atoms with van der Waals surface area (Å²) in [5.74, 6) is -0.133. The second kappa shape index (κ2) is 6.06. The van der Waals surface area contributed by atoms with E-state index in [0.29, 0.717) is 0 Å². The van der Waals surface area contributed by atoms with Crippen LogP contribution >= 0.6 is 15.9 Å². The summed E-state index contributed by atoms with van der Waals surface area (Å²) in [4.78, 5) is 13.5. The van der Waals surface area contributed by atoms with Crippen molar-refractivity contribution in [2.75, 3.05) is 11.9 Å². The van der Waals surface area contributed by atoms with E-state index in [1.165, 1.54) is 6.08 Å². The third kappa shape index (κ3) is 2.83. The van der Waals surface area contributed by atoms with Crippen molar-refractivity contribution in [2.24, 2.45) is 0 Å². The van der Waals surface area contributed by atoms with Crippen molar-refractivity contribution in [3.05, 3.63) is 65.2 Å². The Bertz CT molecular complexity index is 650. The van der Waals surface area contributed by atoms with Gasteiger partial charge in [-0.2, -0.15) is 0 Å². The Morgan fingerprint density at radius 1 is 1.25 bits per heavy atom. The van der Waals surface area contributed by atoms with Gasteiger partial charge in [-0.1, -0.05) is 36.9 Å². The fourth-order valence-corrected chi connectivity index (χ4v) is 3.00. The largest absolute Gasteiger partial charge is 0.310 e. The molecule has 0 saturated carbocycles. The molecule has 0 heterocycles. The van der Waals surface area contributed by atoms with Crippen molar-refractivity contribution in [3.63, 3.8) is 0 Å². The Morgan fingerprint density at radius 3 is 2.50 bits per heavy atom. The Labute approximate surface area is 127 Å². The molecule has 2 rings (SSSR count). The lowest BCUT2D eigenvalue weighted by atomic mass is 10.0. The van der Waals surface area contributed by atoms with Crippen molar-refractivity contribution < 1.29 is 4.79 Å². The Kier molecular flexibility index (Phi) is 4.40. The van der Waals surface area contributed by atoms with E-state index in [1.54, 1.807) is 11.9 Å². The average molecular weight is 330 g/mol. The van der Waals surface area contributed by atoms with Crippen LogP contribution in [0, 0.1) is 6.92 Å². The highest BCUT2D eigenvalue weighted by molar-refractivity contribution is 9.10. The van der Waals surface area contributed by atoms with Gasteiger partial charge in [0.15, 0.2) is 0 Å². The third-order valence-electron chi connectivity index (χ3n) is 3.13. The first kappa shape index (κ1) is 14.5. The number of aryl methyl sites for hydroxylation is 1. The number of hydrogen-bond donors (Lipinski definition) is 0. The lowest BCUT2D eigenvalue weighted by molar-refractivity contribution is -0.113. The van der Waals surface area contributed by atoms with E-state index in [9.17, 15) is 4.79 Å². The van der Waals surface area contributed by atoms with E-state index in [0.717, 1.165) is 26.9 Å². The number of nitrogens with zero attached hydrogens (tertiary/aromatic N) is 1. The molecule has 2 nitrogen and oxygen atoms in total. The standard InChI is InChI=1S/C17H16BrNO/c1-4-16(20)19(3)17-14(10-12(2)11-15(17)18)13-8-6-5-7-9-13/h4-11H,1H2,2-3H3. The van der Waals surface area contributed by atoms with Crippen molar-refractivity contribution in [2.45, 2.75) is 6.92 Å². The maximum atomic E-state index is 11.9. The molecule has 0 unspecified atom stereocenters. The van der Waals surface area contributed by atoms with Crippen LogP contribution in [0.2, 0.25) is 0 Å². The summed E-state index contributed by atoms with van der Waals surface area (Å²) >= 11 is 3.57. The highest BCUT2D eigenvalue weighted by atomic mass is 79.9. The number of amides is 1. The zero-order chi connectivity index (χ0) is 14.7. The van der Waals surface area contributed by atoms with E-state index in [2.05, 4.69) is 28.6 Å². The van der Waals surface area contributed by atoms with E-state index >= 15 is 0 Å². The predicted molar refractivity (Wildman–Crippen MR) is 87.9 cm³/mol. The van der Waals surface area contributed by atoms with Crippen molar-refractivity contribution in [1.29, 1.82) is 0 Å². The molecule has 0 atom stereocenters. The lowest BCUT2D eigenvalue weighted by Crippen LogP contribution is -2.24. The number of halogens is 1. The first-order valence-corrected chi connectivity index (χ1v) is 7.09. The van der Waals surface area contributed by atoms with Gasteiger partial charge in [-0.25, -0.2) is 0 Å². The molecule has 102 valence electrons. The second-order valence-electron chi connectivity index (χ2n) is 4.61. The van der Waals surface area contributed by atoms with E-state index < -0.39 is 0 Å². The van der Waals surface area contributed by atoms with Gasteiger partial charge in [0.05, 0.1) is 5.69 Å². The lowest BCUT2D eigenvalue weighted by Gasteiger charge is -2.22. The van der Waals surface area contributed by atoms with Gasteiger partial charge in [-0.3, -0.25) is 4.79 Å². The molecule has 1 amide bonds. The number of benzene rings is 2. The zero-order valence-electron chi connectivity index (χ0n) is 11.6. The van der Waals surface area contributed by atoms with Crippen molar-refractivity contribution in [1.82, 2.24) is 0 Å². The fourth-order valence-electron chi connectivity index (χ4n) is 2.16. The molecule has 2 aromatic carbocycles. The van der Waals surface area contributed by atoms with Crippen LogP contribution in [0.5, 0.6) is 0 Å². The molecular weight excluding hydrogens is 314 g/mol. The molecular formula is C17H16BrNO. The minimum Gasteiger partial charge on any atom is -0.310 e. The molecule has 0 saturated heterocycles. The van der Waals surface area contributed by atoms with E-state index in [4.69, 9.17) is 0 Å². The topological polar surface area (TPSA) is 20.3 Å². The van der Waals surface area contributed by atoms with Crippen LogP contribution < -0.4 is 4.90 Å². The zero-order valence-corrected chi connectivity index (χ0v) is 13.1. The number of carbonyl (C=O) groups is 1. The molecule has 0 aliphatic carbocycles. The number of rotatable bonds is 3. The summed E-state index contributed by atoms with van der Waals surface area (Å²) in [5.41, 5.74) is 4.09. The van der Waals surface area contributed by atoms with Crippen molar-refractivity contribution >= 4 is 27.5 Å². The van der Waals surface area contributed by atoms with Gasteiger partial charge in [0.1, 0.15) is 0 Å². The molecule has 2 aromatic rings. The SMILES string of the molecule is C=CC(=O)N(C)c1c(Br)cc(C)cc1-c1ccccc1. The number of anilines is 1. The summed E-state index contributed by atoms with van der Waals surface area (Å²) in [6.45, 7) is 5.59. The monoisotopic (exact) mass is 329 g/mol. The first-order chi connectivity index (χ1) is 9.54. The minimum atomic E-state index is -0.133. The highest BCUT2D eigenvalue weighted by Gasteiger charge is 2.17. The molecule has 0 aliphatic heterocycles. The van der Waals surface area contributed by atoms with Crippen LogP contribution in [0.4, 0.5) is 5.69 Å². The number of likely N-dealkylation sites (N-methyl/N-ethyl adjacent to an activating group) is 1. The van der Waals surface area contributed by atoms with Crippen LogP contribution in [-0.2, 0) is 4.79 Å². The van der Waals surface area contributed by atoms with Crippen LogP contribution in [0.15, 0.2) is 59.6 Å². The van der Waals surface area contributed by atoms with Crippen LogP contribution in [-0.4, -0.2) is 13.0 Å². The van der Waals surface area contributed by atoms with Crippen LogP contribution in [0.25, 0.3) is 11.1 Å². The van der Waals surface area contributed by atoms with E-state index in [-0.39, 0.29) is 5.91 Å². The number of carbonyl (C=O) groups excluding carboxylic acids is 1. The van der Waals surface area contributed by atoms with Gasteiger partial charge in [0.2, 0.25) is 5.91 Å². The summed E-state index contributed by atoms with van der Waals surface area (Å²) < 4.78 is 0.897. The average Bonchev–Trinajstić information content (AvgIpc) is 2.46. The molecule has 20 heavy (non-hydrogen) atoms. The van der Waals surface area contributed by atoms with E-state index in [1.807, 2.05) is 43.3 Å². The molecule has 3 heteroatoms. The van der Waals surface area contributed by atoms with Gasteiger partial charge in [-0.15, -0.1) is 0 Å². The summed E-state index contributed by atoms with van der Waals surface area (Å²) in [5, 5.41) is 0. The first-order valence-electron chi connectivity index (χ1n) is 6.30. The summed E-state index contributed by atoms with van der Waals surface area (Å²) in [6.07, 6.45) is 1.32. The van der Waals surface area contributed by atoms with Gasteiger partial charge in [-0.05, 0) is 52.2 Å². The smallest absolute Gasteiger partial charge is 0.250 e. The maximum absolute atomic E-state index is 11.9.